The van der Waals surface area contributed by atoms with E-state index in [4.69, 9.17) is 9.47 Å². The summed E-state index contributed by atoms with van der Waals surface area (Å²) in [5.74, 6) is 1.60. The monoisotopic (exact) mass is 425 g/mol. The Labute approximate surface area is 186 Å². The highest BCUT2D eigenvalue weighted by Gasteiger charge is 2.17. The highest BCUT2D eigenvalue weighted by atomic mass is 16.7. The van der Waals surface area contributed by atoms with Gasteiger partial charge in [0.05, 0.1) is 5.69 Å². The number of aromatic nitrogens is 2. The fourth-order valence-corrected chi connectivity index (χ4v) is 3.71. The molecule has 1 N–H and O–H groups in total. The molecule has 0 bridgehead atoms. The number of carbonyl (C=O) groups excluding carboxylic acids is 1. The van der Waals surface area contributed by atoms with Gasteiger partial charge in [-0.3, -0.25) is 9.48 Å². The summed E-state index contributed by atoms with van der Waals surface area (Å²) in [4.78, 5) is 12.7. The summed E-state index contributed by atoms with van der Waals surface area (Å²) in [6.07, 6.45) is 0. The fourth-order valence-electron chi connectivity index (χ4n) is 3.71. The van der Waals surface area contributed by atoms with E-state index in [0.29, 0.717) is 22.9 Å². The Morgan fingerprint density at radius 2 is 1.56 bits per heavy atom. The van der Waals surface area contributed by atoms with Crippen molar-refractivity contribution in [1.82, 2.24) is 9.78 Å². The van der Waals surface area contributed by atoms with Crippen LogP contribution >= 0.6 is 0 Å². The van der Waals surface area contributed by atoms with Gasteiger partial charge in [-0.1, -0.05) is 42.5 Å². The number of hydrogen-bond acceptors (Lipinski definition) is 4. The van der Waals surface area contributed by atoms with Gasteiger partial charge in [0.1, 0.15) is 5.82 Å². The van der Waals surface area contributed by atoms with E-state index in [0.717, 1.165) is 16.8 Å². The number of nitrogens with one attached hydrogen (secondary N) is 1. The first kappa shape index (κ1) is 19.9. The summed E-state index contributed by atoms with van der Waals surface area (Å²) < 4.78 is 12.3. The quantitative estimate of drug-likeness (QED) is 0.479. The highest BCUT2D eigenvalue weighted by Crippen LogP contribution is 2.33. The molecule has 0 aliphatic carbocycles. The van der Waals surface area contributed by atoms with Crippen molar-refractivity contribution in [2.24, 2.45) is 7.05 Å². The molecule has 2 heterocycles. The number of benzene rings is 3. The van der Waals surface area contributed by atoms with Crippen LogP contribution in [0.5, 0.6) is 11.5 Å². The maximum absolute atomic E-state index is 12.7. The highest BCUT2D eigenvalue weighted by molar-refractivity contribution is 6.04. The first-order valence-corrected chi connectivity index (χ1v) is 10.4. The molecule has 0 spiro atoms. The average Bonchev–Trinajstić information content (AvgIpc) is 3.42. The maximum Gasteiger partial charge on any atom is 0.256 e. The number of rotatable bonds is 4. The van der Waals surface area contributed by atoms with E-state index in [1.807, 2.05) is 13.1 Å². The van der Waals surface area contributed by atoms with Gasteiger partial charge in [-0.2, -0.15) is 5.10 Å². The van der Waals surface area contributed by atoms with Crippen molar-refractivity contribution < 1.29 is 14.3 Å². The average molecular weight is 425 g/mol. The molecule has 0 fully saturated rings. The van der Waals surface area contributed by atoms with Gasteiger partial charge in [0.15, 0.2) is 11.5 Å². The number of ether oxygens (including phenoxy) is 2. The van der Waals surface area contributed by atoms with Crippen LogP contribution < -0.4 is 14.8 Å². The van der Waals surface area contributed by atoms with Crippen LogP contribution in [0.25, 0.3) is 22.4 Å². The Balaban J connectivity index is 1.35. The van der Waals surface area contributed by atoms with Gasteiger partial charge in [-0.25, -0.2) is 0 Å². The normalized spacial score (nSPS) is 12.1. The SMILES string of the molecule is Cc1ccc(-c2ccc(-c3cc(NC(=O)c4ccc5c(c4)OCO5)n(C)n3)cc2)cc1C. The number of aryl methyl sites for hydroxylation is 3. The van der Waals surface area contributed by atoms with Crippen LogP contribution in [0, 0.1) is 13.8 Å². The van der Waals surface area contributed by atoms with Crippen LogP contribution in [-0.2, 0) is 7.05 Å². The molecule has 3 aromatic carbocycles. The van der Waals surface area contributed by atoms with E-state index in [-0.39, 0.29) is 12.7 Å². The van der Waals surface area contributed by atoms with Crippen molar-refractivity contribution in [3.63, 3.8) is 0 Å². The molecule has 0 saturated carbocycles. The molecular formula is C26H23N3O3. The Morgan fingerprint density at radius 3 is 2.34 bits per heavy atom. The minimum absolute atomic E-state index is 0.174. The van der Waals surface area contributed by atoms with Crippen molar-refractivity contribution in [2.75, 3.05) is 12.1 Å². The lowest BCUT2D eigenvalue weighted by atomic mass is 9.99. The molecule has 1 aliphatic heterocycles. The zero-order valence-corrected chi connectivity index (χ0v) is 18.2. The van der Waals surface area contributed by atoms with Crippen molar-refractivity contribution in [3.8, 4) is 33.9 Å². The topological polar surface area (TPSA) is 65.4 Å². The van der Waals surface area contributed by atoms with Crippen LogP contribution in [0.15, 0.2) is 66.7 Å². The zero-order valence-electron chi connectivity index (χ0n) is 18.2. The molecule has 0 atom stereocenters. The van der Waals surface area contributed by atoms with Crippen LogP contribution in [-0.4, -0.2) is 22.5 Å². The van der Waals surface area contributed by atoms with Gasteiger partial charge in [-0.05, 0) is 54.3 Å². The Morgan fingerprint density at radius 1 is 0.844 bits per heavy atom. The Hall–Kier alpha value is -4.06. The summed E-state index contributed by atoms with van der Waals surface area (Å²) in [5.41, 5.74) is 7.18. The number of fused-ring (bicyclic) bond motifs is 1. The van der Waals surface area contributed by atoms with Gasteiger partial charge in [0.25, 0.3) is 5.91 Å². The molecule has 1 amide bonds. The number of carbonyl (C=O) groups is 1. The largest absolute Gasteiger partial charge is 0.454 e. The standard InChI is InChI=1S/C26H23N3O3/c1-16-4-5-20(12-17(16)2)18-6-8-19(9-7-18)22-14-25(29(3)28-22)27-26(30)21-10-11-23-24(13-21)32-15-31-23/h4-14H,15H2,1-3H3,(H,27,30). The van der Waals surface area contributed by atoms with Crippen molar-refractivity contribution in [1.29, 1.82) is 0 Å². The van der Waals surface area contributed by atoms with Gasteiger partial charge >= 0.3 is 0 Å². The second kappa shape index (κ2) is 7.89. The minimum atomic E-state index is -0.233. The smallest absolute Gasteiger partial charge is 0.256 e. The lowest BCUT2D eigenvalue weighted by molar-refractivity contribution is 0.102. The molecular weight excluding hydrogens is 402 g/mol. The minimum Gasteiger partial charge on any atom is -0.454 e. The molecule has 32 heavy (non-hydrogen) atoms. The lowest BCUT2D eigenvalue weighted by Gasteiger charge is -2.06. The van der Waals surface area contributed by atoms with Gasteiger partial charge in [0.2, 0.25) is 6.79 Å². The summed E-state index contributed by atoms with van der Waals surface area (Å²) in [6, 6.07) is 21.8. The van der Waals surface area contributed by atoms with Gasteiger partial charge < -0.3 is 14.8 Å². The summed E-state index contributed by atoms with van der Waals surface area (Å²) in [6.45, 7) is 4.42. The Kier molecular flexibility index (Phi) is 4.90. The molecule has 1 aromatic heterocycles. The molecule has 0 unspecified atom stereocenters. The van der Waals surface area contributed by atoms with Crippen molar-refractivity contribution in [2.45, 2.75) is 13.8 Å². The third-order valence-electron chi connectivity index (χ3n) is 5.78. The molecule has 0 radical (unpaired) electrons. The maximum atomic E-state index is 12.7. The third-order valence-corrected chi connectivity index (χ3v) is 5.78. The lowest BCUT2D eigenvalue weighted by Crippen LogP contribution is -2.14. The number of amides is 1. The zero-order chi connectivity index (χ0) is 22.2. The van der Waals surface area contributed by atoms with E-state index >= 15 is 0 Å². The molecule has 5 rings (SSSR count). The van der Waals surface area contributed by atoms with Crippen LogP contribution in [0.4, 0.5) is 5.82 Å². The van der Waals surface area contributed by atoms with Gasteiger partial charge in [-0.15, -0.1) is 0 Å². The molecule has 1 aliphatic rings. The summed E-state index contributed by atoms with van der Waals surface area (Å²) in [7, 11) is 1.81. The predicted octanol–water partition coefficient (Wildman–Crippen LogP) is 5.35. The molecule has 160 valence electrons. The second-order valence-electron chi connectivity index (χ2n) is 7.94. The Bertz CT molecular complexity index is 1320. The van der Waals surface area contributed by atoms with Gasteiger partial charge in [0, 0.05) is 24.2 Å². The molecule has 6 heteroatoms. The predicted molar refractivity (Wildman–Crippen MR) is 124 cm³/mol. The summed E-state index contributed by atoms with van der Waals surface area (Å²) >= 11 is 0. The third kappa shape index (κ3) is 3.71. The summed E-state index contributed by atoms with van der Waals surface area (Å²) in [5, 5.41) is 7.49. The fraction of sp³-hybridized carbons (Fsp3) is 0.154. The number of nitrogens with zero attached hydrogens (tertiary/aromatic N) is 2. The van der Waals surface area contributed by atoms with Crippen molar-refractivity contribution >= 4 is 11.7 Å². The number of anilines is 1. The van der Waals surface area contributed by atoms with E-state index in [1.165, 1.54) is 16.7 Å². The molecule has 6 nitrogen and oxygen atoms in total. The van der Waals surface area contributed by atoms with E-state index in [1.54, 1.807) is 22.9 Å². The number of hydrogen-bond donors (Lipinski definition) is 1. The molecule has 4 aromatic rings. The van der Waals surface area contributed by atoms with E-state index < -0.39 is 0 Å². The van der Waals surface area contributed by atoms with E-state index in [2.05, 4.69) is 66.7 Å². The van der Waals surface area contributed by atoms with Crippen LogP contribution in [0.1, 0.15) is 21.5 Å². The van der Waals surface area contributed by atoms with Crippen LogP contribution in [0.3, 0.4) is 0 Å². The van der Waals surface area contributed by atoms with Crippen molar-refractivity contribution in [3.05, 3.63) is 83.4 Å². The second-order valence-corrected chi connectivity index (χ2v) is 7.94. The first-order valence-electron chi connectivity index (χ1n) is 10.4. The van der Waals surface area contributed by atoms with E-state index in [9.17, 15) is 4.79 Å². The van der Waals surface area contributed by atoms with Crippen LogP contribution in [0.2, 0.25) is 0 Å². The molecule has 0 saturated heterocycles. The first-order chi connectivity index (χ1) is 15.5.